The predicted molar refractivity (Wildman–Crippen MR) is 67.5 cm³/mol. The van der Waals surface area contributed by atoms with E-state index < -0.39 is 0 Å². The predicted octanol–water partition coefficient (Wildman–Crippen LogP) is 4.02. The topological polar surface area (TPSA) is 25.2 Å². The largest absolute Gasteiger partial charge is 0.459 e. The molecule has 0 spiro atoms. The molecule has 17 heavy (non-hydrogen) atoms. The van der Waals surface area contributed by atoms with Crippen molar-refractivity contribution in [3.63, 3.8) is 0 Å². The lowest BCUT2D eigenvalue weighted by Gasteiger charge is -2.13. The molecule has 1 aromatic heterocycles. The van der Waals surface area contributed by atoms with E-state index in [9.17, 15) is 4.39 Å². The highest BCUT2D eigenvalue weighted by Gasteiger charge is 2.14. The van der Waals surface area contributed by atoms with Crippen LogP contribution >= 0.6 is 0 Å². The molecule has 0 radical (unpaired) electrons. The highest BCUT2D eigenvalue weighted by atomic mass is 19.1. The molecule has 1 heterocycles. The maximum atomic E-state index is 13.1. The van der Waals surface area contributed by atoms with Gasteiger partial charge in [0.15, 0.2) is 0 Å². The number of hydrogen-bond acceptors (Lipinski definition) is 2. The molecule has 92 valence electrons. The maximum Gasteiger partial charge on any atom is 0.134 e. The van der Waals surface area contributed by atoms with Crippen LogP contribution in [0.3, 0.4) is 0 Å². The third kappa shape index (κ3) is 2.67. The lowest BCUT2D eigenvalue weighted by Crippen LogP contribution is -2.20. The fraction of sp³-hybridized carbons (Fsp3) is 0.429. The van der Waals surface area contributed by atoms with Crippen molar-refractivity contribution in [3.8, 4) is 0 Å². The van der Waals surface area contributed by atoms with Gasteiger partial charge in [-0.05, 0) is 37.2 Å². The Morgan fingerprint density at radius 2 is 2.12 bits per heavy atom. The van der Waals surface area contributed by atoms with Gasteiger partial charge in [-0.15, -0.1) is 0 Å². The number of nitrogens with one attached hydrogen (secondary N) is 1. The van der Waals surface area contributed by atoms with Gasteiger partial charge in [0.1, 0.15) is 17.2 Å². The lowest BCUT2D eigenvalue weighted by atomic mass is 10.1. The molecule has 0 amide bonds. The molecule has 0 aliphatic carbocycles. The minimum Gasteiger partial charge on any atom is -0.459 e. The summed E-state index contributed by atoms with van der Waals surface area (Å²) in [6.07, 6.45) is 2.11. The van der Waals surface area contributed by atoms with Crippen molar-refractivity contribution in [2.45, 2.75) is 32.7 Å². The summed E-state index contributed by atoms with van der Waals surface area (Å²) in [5.41, 5.74) is 0.750. The van der Waals surface area contributed by atoms with E-state index in [1.54, 1.807) is 6.07 Å². The van der Waals surface area contributed by atoms with Gasteiger partial charge in [-0.1, -0.05) is 20.3 Å². The Labute approximate surface area is 101 Å². The number of furan rings is 1. The molecule has 0 saturated carbocycles. The van der Waals surface area contributed by atoms with Gasteiger partial charge >= 0.3 is 0 Å². The molecule has 0 bridgehead atoms. The standard InChI is InChI=1S/C14H18FNO/c1-3-5-12(16-4-2)14-9-10-8-11(15)6-7-13(10)17-14/h6-9,12,16H,3-5H2,1-2H3. The van der Waals surface area contributed by atoms with Crippen molar-refractivity contribution in [2.75, 3.05) is 6.54 Å². The molecule has 1 atom stereocenters. The Hall–Kier alpha value is -1.35. The third-order valence-corrected chi connectivity index (χ3v) is 2.87. The van der Waals surface area contributed by atoms with Crippen molar-refractivity contribution in [1.82, 2.24) is 5.32 Å². The fourth-order valence-electron chi connectivity index (χ4n) is 2.09. The maximum absolute atomic E-state index is 13.1. The molecule has 0 aliphatic rings. The zero-order valence-corrected chi connectivity index (χ0v) is 10.3. The van der Waals surface area contributed by atoms with E-state index in [4.69, 9.17) is 4.42 Å². The first-order valence-corrected chi connectivity index (χ1v) is 6.17. The zero-order valence-electron chi connectivity index (χ0n) is 10.3. The highest BCUT2D eigenvalue weighted by Crippen LogP contribution is 2.26. The Morgan fingerprint density at radius 3 is 2.82 bits per heavy atom. The number of fused-ring (bicyclic) bond motifs is 1. The second-order valence-corrected chi connectivity index (χ2v) is 4.23. The van der Waals surface area contributed by atoms with Crippen molar-refractivity contribution >= 4 is 11.0 Å². The molecular formula is C14H18FNO. The van der Waals surface area contributed by atoms with Gasteiger partial charge in [0.2, 0.25) is 0 Å². The number of hydrogen-bond donors (Lipinski definition) is 1. The van der Waals surface area contributed by atoms with E-state index in [1.807, 2.05) is 6.07 Å². The summed E-state index contributed by atoms with van der Waals surface area (Å²) in [7, 11) is 0. The lowest BCUT2D eigenvalue weighted by molar-refractivity contribution is 0.414. The first-order valence-electron chi connectivity index (χ1n) is 6.17. The molecule has 0 saturated heterocycles. The summed E-state index contributed by atoms with van der Waals surface area (Å²) in [4.78, 5) is 0. The van der Waals surface area contributed by atoms with Crippen LogP contribution < -0.4 is 5.32 Å². The Bertz CT molecular complexity index is 486. The number of halogens is 1. The Balaban J connectivity index is 2.33. The van der Waals surface area contributed by atoms with Gasteiger partial charge in [-0.3, -0.25) is 0 Å². The van der Waals surface area contributed by atoms with Crippen LogP contribution in [-0.2, 0) is 0 Å². The summed E-state index contributed by atoms with van der Waals surface area (Å²) in [6, 6.07) is 6.78. The number of rotatable bonds is 5. The molecule has 3 heteroatoms. The van der Waals surface area contributed by atoms with Crippen LogP contribution in [0, 0.1) is 5.82 Å². The van der Waals surface area contributed by atoms with Gasteiger partial charge in [-0.25, -0.2) is 4.39 Å². The SMILES string of the molecule is CCCC(NCC)c1cc2cc(F)ccc2o1. The minimum absolute atomic E-state index is 0.222. The van der Waals surface area contributed by atoms with Crippen LogP contribution in [0.25, 0.3) is 11.0 Å². The van der Waals surface area contributed by atoms with E-state index in [0.717, 1.165) is 36.1 Å². The van der Waals surface area contributed by atoms with E-state index >= 15 is 0 Å². The molecule has 2 aromatic rings. The van der Waals surface area contributed by atoms with Gasteiger partial charge in [0.25, 0.3) is 0 Å². The van der Waals surface area contributed by atoms with Crippen LogP contribution in [0.2, 0.25) is 0 Å². The van der Waals surface area contributed by atoms with Gasteiger partial charge in [-0.2, -0.15) is 0 Å². The van der Waals surface area contributed by atoms with Crippen LogP contribution in [0.4, 0.5) is 4.39 Å². The van der Waals surface area contributed by atoms with Gasteiger partial charge < -0.3 is 9.73 Å². The second-order valence-electron chi connectivity index (χ2n) is 4.23. The van der Waals surface area contributed by atoms with E-state index in [-0.39, 0.29) is 11.9 Å². The fourth-order valence-corrected chi connectivity index (χ4v) is 2.09. The first-order chi connectivity index (χ1) is 8.24. The average molecular weight is 235 g/mol. The third-order valence-electron chi connectivity index (χ3n) is 2.87. The minimum atomic E-state index is -0.222. The number of benzene rings is 1. The van der Waals surface area contributed by atoms with Crippen molar-refractivity contribution in [3.05, 3.63) is 35.8 Å². The summed E-state index contributed by atoms with van der Waals surface area (Å²) in [6.45, 7) is 5.12. The molecule has 2 rings (SSSR count). The molecular weight excluding hydrogens is 217 g/mol. The molecule has 2 nitrogen and oxygen atoms in total. The Morgan fingerprint density at radius 1 is 1.29 bits per heavy atom. The smallest absolute Gasteiger partial charge is 0.134 e. The average Bonchev–Trinajstić information content (AvgIpc) is 2.71. The van der Waals surface area contributed by atoms with Crippen molar-refractivity contribution < 1.29 is 8.81 Å². The van der Waals surface area contributed by atoms with Crippen LogP contribution in [0.1, 0.15) is 38.5 Å². The summed E-state index contributed by atoms with van der Waals surface area (Å²) < 4.78 is 18.8. The van der Waals surface area contributed by atoms with Crippen molar-refractivity contribution in [1.29, 1.82) is 0 Å². The molecule has 1 N–H and O–H groups in total. The summed E-state index contributed by atoms with van der Waals surface area (Å²) in [5.74, 6) is 0.676. The molecule has 0 aliphatic heterocycles. The summed E-state index contributed by atoms with van der Waals surface area (Å²) in [5, 5.41) is 4.22. The van der Waals surface area contributed by atoms with Gasteiger partial charge in [0, 0.05) is 5.39 Å². The molecule has 0 fully saturated rings. The van der Waals surface area contributed by atoms with E-state index in [1.165, 1.54) is 12.1 Å². The molecule has 1 unspecified atom stereocenters. The van der Waals surface area contributed by atoms with Crippen LogP contribution in [-0.4, -0.2) is 6.54 Å². The van der Waals surface area contributed by atoms with Crippen LogP contribution in [0.15, 0.2) is 28.7 Å². The van der Waals surface area contributed by atoms with Gasteiger partial charge in [0.05, 0.1) is 6.04 Å². The van der Waals surface area contributed by atoms with E-state index in [0.29, 0.717) is 0 Å². The summed E-state index contributed by atoms with van der Waals surface area (Å²) >= 11 is 0. The molecule has 1 aromatic carbocycles. The quantitative estimate of drug-likeness (QED) is 0.846. The van der Waals surface area contributed by atoms with Crippen LogP contribution in [0.5, 0.6) is 0 Å². The second kappa shape index (κ2) is 5.32. The van der Waals surface area contributed by atoms with Crippen molar-refractivity contribution in [2.24, 2.45) is 0 Å². The van der Waals surface area contributed by atoms with E-state index in [2.05, 4.69) is 19.2 Å². The normalized spacial score (nSPS) is 13.1. The Kier molecular flexibility index (Phi) is 3.79. The first kappa shape index (κ1) is 12.1. The highest BCUT2D eigenvalue weighted by molar-refractivity contribution is 5.78. The monoisotopic (exact) mass is 235 g/mol. The zero-order chi connectivity index (χ0) is 12.3.